The number of anilines is 2. The number of hydrogen-bond donors (Lipinski definition) is 1. The number of halogens is 2. The van der Waals surface area contributed by atoms with Crippen LogP contribution in [0.1, 0.15) is 5.56 Å². The van der Waals surface area contributed by atoms with Gasteiger partial charge >= 0.3 is 0 Å². The number of aryl methyl sites for hydroxylation is 1. The van der Waals surface area contributed by atoms with Crippen LogP contribution in [0, 0.1) is 6.92 Å². The van der Waals surface area contributed by atoms with Crippen LogP contribution in [0.2, 0.25) is 10.0 Å². The lowest BCUT2D eigenvalue weighted by molar-refractivity contribution is 1.27. The minimum absolute atomic E-state index is 0.741. The second-order valence-corrected chi connectivity index (χ2v) is 5.83. The molecule has 0 saturated heterocycles. The van der Waals surface area contributed by atoms with Crippen LogP contribution < -0.4 is 5.32 Å². The van der Waals surface area contributed by atoms with Gasteiger partial charge in [-0.05, 0) is 36.8 Å². The molecule has 0 aromatic heterocycles. The Kier molecular flexibility index (Phi) is 2.74. The standard InChI is InChI=1S/C13H9Cl2NS/c1-7-2-4-9(15)13-12(7)16-10-5-3-8(14)6-11(10)17-13/h2-6,16H,1H3. The summed E-state index contributed by atoms with van der Waals surface area (Å²) in [6.45, 7) is 2.07. The van der Waals surface area contributed by atoms with E-state index in [0.29, 0.717) is 0 Å². The molecular formula is C13H9Cl2NS. The molecule has 0 bridgehead atoms. The van der Waals surface area contributed by atoms with Crippen LogP contribution in [-0.4, -0.2) is 0 Å². The Morgan fingerprint density at radius 3 is 2.76 bits per heavy atom. The normalized spacial score (nSPS) is 12.6. The van der Waals surface area contributed by atoms with Gasteiger partial charge in [0.1, 0.15) is 0 Å². The summed E-state index contributed by atoms with van der Waals surface area (Å²) in [6.07, 6.45) is 0. The highest BCUT2D eigenvalue weighted by Gasteiger charge is 2.19. The highest BCUT2D eigenvalue weighted by Crippen LogP contribution is 2.48. The zero-order valence-electron chi connectivity index (χ0n) is 9.05. The maximum Gasteiger partial charge on any atom is 0.0571 e. The summed E-state index contributed by atoms with van der Waals surface area (Å²) in [5.74, 6) is 0. The molecule has 3 rings (SSSR count). The quantitative estimate of drug-likeness (QED) is 0.583. The van der Waals surface area contributed by atoms with E-state index >= 15 is 0 Å². The van der Waals surface area contributed by atoms with E-state index < -0.39 is 0 Å². The largest absolute Gasteiger partial charge is 0.353 e. The van der Waals surface area contributed by atoms with Gasteiger partial charge in [-0.25, -0.2) is 0 Å². The Bertz CT molecular complexity index is 611. The molecule has 86 valence electrons. The van der Waals surface area contributed by atoms with Crippen LogP contribution in [0.15, 0.2) is 40.1 Å². The number of fused-ring (bicyclic) bond motifs is 2. The van der Waals surface area contributed by atoms with Gasteiger partial charge in [0.05, 0.1) is 21.3 Å². The van der Waals surface area contributed by atoms with E-state index in [1.54, 1.807) is 11.8 Å². The third-order valence-electron chi connectivity index (χ3n) is 2.73. The van der Waals surface area contributed by atoms with Crippen LogP contribution >= 0.6 is 35.0 Å². The fraction of sp³-hybridized carbons (Fsp3) is 0.0769. The Morgan fingerprint density at radius 1 is 1.12 bits per heavy atom. The molecule has 0 saturated carbocycles. The SMILES string of the molecule is Cc1ccc(Cl)c2c1Nc1ccc(Cl)cc1S2. The van der Waals surface area contributed by atoms with Crippen LogP contribution in [-0.2, 0) is 0 Å². The number of nitrogens with one attached hydrogen (secondary N) is 1. The first-order valence-corrected chi connectivity index (χ1v) is 6.76. The molecule has 1 heterocycles. The Hall–Kier alpha value is -0.830. The van der Waals surface area contributed by atoms with Gasteiger partial charge in [-0.15, -0.1) is 0 Å². The molecular weight excluding hydrogens is 273 g/mol. The minimum Gasteiger partial charge on any atom is -0.353 e. The molecule has 0 fully saturated rings. The number of rotatable bonds is 0. The molecule has 0 atom stereocenters. The predicted molar refractivity (Wildman–Crippen MR) is 75.0 cm³/mol. The number of benzene rings is 2. The first-order chi connectivity index (χ1) is 8.15. The molecule has 1 aliphatic heterocycles. The summed E-state index contributed by atoms with van der Waals surface area (Å²) < 4.78 is 0. The lowest BCUT2D eigenvalue weighted by Crippen LogP contribution is -2.02. The van der Waals surface area contributed by atoms with Gasteiger partial charge < -0.3 is 5.32 Å². The van der Waals surface area contributed by atoms with Gasteiger partial charge in [0.2, 0.25) is 0 Å². The summed E-state index contributed by atoms with van der Waals surface area (Å²) in [4.78, 5) is 2.18. The van der Waals surface area contributed by atoms with Crippen LogP contribution in [0.5, 0.6) is 0 Å². The van der Waals surface area contributed by atoms with E-state index in [9.17, 15) is 0 Å². The molecule has 0 radical (unpaired) electrons. The highest BCUT2D eigenvalue weighted by atomic mass is 35.5. The highest BCUT2D eigenvalue weighted by molar-refractivity contribution is 7.99. The van der Waals surface area contributed by atoms with Gasteiger partial charge in [0.15, 0.2) is 0 Å². The van der Waals surface area contributed by atoms with Crippen molar-refractivity contribution in [1.82, 2.24) is 0 Å². The van der Waals surface area contributed by atoms with Crippen molar-refractivity contribution < 1.29 is 0 Å². The topological polar surface area (TPSA) is 12.0 Å². The van der Waals surface area contributed by atoms with Crippen molar-refractivity contribution in [3.8, 4) is 0 Å². The third kappa shape index (κ3) is 1.90. The zero-order valence-corrected chi connectivity index (χ0v) is 11.4. The molecule has 0 amide bonds. The second kappa shape index (κ2) is 4.13. The summed E-state index contributed by atoms with van der Waals surface area (Å²) in [5, 5.41) is 4.93. The summed E-state index contributed by atoms with van der Waals surface area (Å²) in [7, 11) is 0. The van der Waals surface area contributed by atoms with Crippen LogP contribution in [0.3, 0.4) is 0 Å². The summed E-state index contributed by atoms with van der Waals surface area (Å²) in [6, 6.07) is 9.79. The molecule has 4 heteroatoms. The van der Waals surface area contributed by atoms with Crippen LogP contribution in [0.25, 0.3) is 0 Å². The first kappa shape index (κ1) is 11.3. The van der Waals surface area contributed by atoms with Crippen molar-refractivity contribution in [3.05, 3.63) is 45.9 Å². The average molecular weight is 282 g/mol. The van der Waals surface area contributed by atoms with E-state index in [2.05, 4.69) is 12.2 Å². The fourth-order valence-electron chi connectivity index (χ4n) is 1.84. The van der Waals surface area contributed by atoms with Gasteiger partial charge in [-0.1, -0.05) is 41.0 Å². The van der Waals surface area contributed by atoms with Crippen molar-refractivity contribution in [3.63, 3.8) is 0 Å². The maximum absolute atomic E-state index is 6.23. The van der Waals surface area contributed by atoms with Gasteiger partial charge in [-0.3, -0.25) is 0 Å². The fourth-order valence-corrected chi connectivity index (χ4v) is 3.46. The Morgan fingerprint density at radius 2 is 1.94 bits per heavy atom. The molecule has 0 spiro atoms. The van der Waals surface area contributed by atoms with E-state index in [1.807, 2.05) is 30.3 Å². The molecule has 17 heavy (non-hydrogen) atoms. The monoisotopic (exact) mass is 281 g/mol. The molecule has 1 aliphatic rings. The Balaban J connectivity index is 2.17. The molecule has 2 aromatic carbocycles. The van der Waals surface area contributed by atoms with E-state index in [-0.39, 0.29) is 0 Å². The third-order valence-corrected chi connectivity index (χ3v) is 4.58. The van der Waals surface area contributed by atoms with Crippen molar-refractivity contribution in [2.45, 2.75) is 16.7 Å². The predicted octanol–water partition coefficient (Wildman–Crippen LogP) is 5.51. The molecule has 0 aliphatic carbocycles. The molecule has 2 aromatic rings. The van der Waals surface area contributed by atoms with E-state index in [4.69, 9.17) is 23.2 Å². The Labute approximate surface area is 114 Å². The van der Waals surface area contributed by atoms with Crippen LogP contribution in [0.4, 0.5) is 11.4 Å². The van der Waals surface area contributed by atoms with E-state index in [0.717, 1.165) is 31.2 Å². The smallest absolute Gasteiger partial charge is 0.0571 e. The summed E-state index contributed by atoms with van der Waals surface area (Å²) >= 11 is 13.9. The van der Waals surface area contributed by atoms with Crippen molar-refractivity contribution in [2.75, 3.05) is 5.32 Å². The molecule has 1 N–H and O–H groups in total. The second-order valence-electron chi connectivity index (χ2n) is 3.94. The maximum atomic E-state index is 6.23. The lowest BCUT2D eigenvalue weighted by Gasteiger charge is -2.23. The average Bonchev–Trinajstić information content (AvgIpc) is 2.32. The zero-order chi connectivity index (χ0) is 12.0. The molecule has 0 unspecified atom stereocenters. The first-order valence-electron chi connectivity index (χ1n) is 5.18. The van der Waals surface area contributed by atoms with Gasteiger partial charge in [-0.2, -0.15) is 0 Å². The van der Waals surface area contributed by atoms with Crippen molar-refractivity contribution in [2.24, 2.45) is 0 Å². The minimum atomic E-state index is 0.741. The molecule has 1 nitrogen and oxygen atoms in total. The van der Waals surface area contributed by atoms with Crippen molar-refractivity contribution >= 4 is 46.3 Å². The van der Waals surface area contributed by atoms with Crippen molar-refractivity contribution in [1.29, 1.82) is 0 Å². The number of hydrogen-bond acceptors (Lipinski definition) is 2. The van der Waals surface area contributed by atoms with E-state index in [1.165, 1.54) is 5.56 Å². The lowest BCUT2D eigenvalue weighted by atomic mass is 10.2. The van der Waals surface area contributed by atoms with Gasteiger partial charge in [0, 0.05) is 9.92 Å². The van der Waals surface area contributed by atoms with Gasteiger partial charge in [0.25, 0.3) is 0 Å². The summed E-state index contributed by atoms with van der Waals surface area (Å²) in [5.41, 5.74) is 3.37.